The molecule has 2 aliphatic heterocycles. The van der Waals surface area contributed by atoms with Gasteiger partial charge in [0.05, 0.1) is 0 Å². The SMILES string of the molecule is O=C(CN1CCN(c2ccc3c(c2)OCO3)C1=O)NCc1cccnc1. The van der Waals surface area contributed by atoms with Crippen LogP contribution in [0.2, 0.25) is 0 Å². The fourth-order valence-electron chi connectivity index (χ4n) is 2.95. The van der Waals surface area contributed by atoms with E-state index in [0.29, 0.717) is 31.1 Å². The van der Waals surface area contributed by atoms with E-state index in [1.807, 2.05) is 18.2 Å². The number of benzene rings is 1. The number of rotatable bonds is 5. The molecule has 0 saturated carbocycles. The Morgan fingerprint density at radius 1 is 1.19 bits per heavy atom. The molecular weight excluding hydrogens is 336 g/mol. The van der Waals surface area contributed by atoms with Gasteiger partial charge in [-0.2, -0.15) is 0 Å². The summed E-state index contributed by atoms with van der Waals surface area (Å²) in [6.07, 6.45) is 3.38. The van der Waals surface area contributed by atoms with Gasteiger partial charge in [-0.05, 0) is 23.8 Å². The van der Waals surface area contributed by atoms with Gasteiger partial charge < -0.3 is 19.7 Å². The molecule has 0 bridgehead atoms. The highest BCUT2D eigenvalue weighted by atomic mass is 16.7. The molecule has 134 valence electrons. The molecule has 0 unspecified atom stereocenters. The van der Waals surface area contributed by atoms with Crippen LogP contribution in [0.5, 0.6) is 11.5 Å². The van der Waals surface area contributed by atoms with Crippen molar-refractivity contribution in [2.45, 2.75) is 6.54 Å². The largest absolute Gasteiger partial charge is 0.454 e. The van der Waals surface area contributed by atoms with E-state index in [-0.39, 0.29) is 25.3 Å². The minimum Gasteiger partial charge on any atom is -0.454 e. The zero-order valence-electron chi connectivity index (χ0n) is 14.1. The molecule has 0 atom stereocenters. The number of nitrogens with zero attached hydrogens (tertiary/aromatic N) is 3. The minimum absolute atomic E-state index is 0.0279. The molecule has 8 heteroatoms. The zero-order chi connectivity index (χ0) is 17.9. The van der Waals surface area contributed by atoms with E-state index in [2.05, 4.69) is 10.3 Å². The first-order valence-electron chi connectivity index (χ1n) is 8.32. The third-order valence-electron chi connectivity index (χ3n) is 4.31. The van der Waals surface area contributed by atoms with Gasteiger partial charge in [-0.15, -0.1) is 0 Å². The quantitative estimate of drug-likeness (QED) is 0.877. The number of hydrogen-bond acceptors (Lipinski definition) is 5. The van der Waals surface area contributed by atoms with Crippen molar-refractivity contribution in [3.8, 4) is 11.5 Å². The van der Waals surface area contributed by atoms with Crippen LogP contribution >= 0.6 is 0 Å². The van der Waals surface area contributed by atoms with Crippen LogP contribution in [0.25, 0.3) is 0 Å². The van der Waals surface area contributed by atoms with Gasteiger partial charge in [0.25, 0.3) is 0 Å². The summed E-state index contributed by atoms with van der Waals surface area (Å²) in [6, 6.07) is 8.89. The van der Waals surface area contributed by atoms with Crippen molar-refractivity contribution in [2.75, 3.05) is 31.3 Å². The number of ether oxygens (including phenoxy) is 2. The lowest BCUT2D eigenvalue weighted by Gasteiger charge is -2.18. The normalized spacial score (nSPS) is 15.5. The average molecular weight is 354 g/mol. The number of carbonyl (C=O) groups excluding carboxylic acids is 2. The van der Waals surface area contributed by atoms with Crippen molar-refractivity contribution in [3.05, 3.63) is 48.3 Å². The number of fused-ring (bicyclic) bond motifs is 1. The third kappa shape index (κ3) is 3.26. The van der Waals surface area contributed by atoms with Gasteiger partial charge in [0.1, 0.15) is 6.54 Å². The van der Waals surface area contributed by atoms with Crippen molar-refractivity contribution >= 4 is 17.6 Å². The predicted molar refractivity (Wildman–Crippen MR) is 93.0 cm³/mol. The Labute approximate surface area is 150 Å². The van der Waals surface area contributed by atoms with Gasteiger partial charge in [0.2, 0.25) is 12.7 Å². The summed E-state index contributed by atoms with van der Waals surface area (Å²) < 4.78 is 10.6. The number of urea groups is 1. The number of hydrogen-bond donors (Lipinski definition) is 1. The second kappa shape index (κ2) is 6.91. The average Bonchev–Trinajstić information content (AvgIpc) is 3.27. The lowest BCUT2D eigenvalue weighted by Crippen LogP contribution is -2.39. The van der Waals surface area contributed by atoms with Crippen LogP contribution in [0.4, 0.5) is 10.5 Å². The molecule has 2 aliphatic rings. The summed E-state index contributed by atoms with van der Waals surface area (Å²) in [5, 5.41) is 2.81. The first-order chi connectivity index (χ1) is 12.7. The van der Waals surface area contributed by atoms with Crippen molar-refractivity contribution < 1.29 is 19.1 Å². The number of carbonyl (C=O) groups is 2. The van der Waals surface area contributed by atoms with Gasteiger partial charge in [-0.1, -0.05) is 6.07 Å². The molecule has 1 N–H and O–H groups in total. The summed E-state index contributed by atoms with van der Waals surface area (Å²) in [5.74, 6) is 1.10. The predicted octanol–water partition coefficient (Wildman–Crippen LogP) is 1.37. The Morgan fingerprint density at radius 3 is 2.92 bits per heavy atom. The monoisotopic (exact) mass is 354 g/mol. The van der Waals surface area contributed by atoms with Crippen molar-refractivity contribution in [1.82, 2.24) is 15.2 Å². The van der Waals surface area contributed by atoms with E-state index in [9.17, 15) is 9.59 Å². The van der Waals surface area contributed by atoms with E-state index >= 15 is 0 Å². The van der Waals surface area contributed by atoms with Gasteiger partial charge >= 0.3 is 6.03 Å². The van der Waals surface area contributed by atoms with Gasteiger partial charge in [-0.3, -0.25) is 14.7 Å². The van der Waals surface area contributed by atoms with Crippen LogP contribution in [0, 0.1) is 0 Å². The van der Waals surface area contributed by atoms with Crippen LogP contribution in [0.1, 0.15) is 5.56 Å². The van der Waals surface area contributed by atoms with Crippen molar-refractivity contribution in [1.29, 1.82) is 0 Å². The molecule has 3 amide bonds. The number of pyridine rings is 1. The van der Waals surface area contributed by atoms with Crippen LogP contribution < -0.4 is 19.7 Å². The molecule has 1 aromatic heterocycles. The number of anilines is 1. The first-order valence-corrected chi connectivity index (χ1v) is 8.32. The molecule has 1 aromatic carbocycles. The molecule has 1 saturated heterocycles. The smallest absolute Gasteiger partial charge is 0.325 e. The van der Waals surface area contributed by atoms with E-state index < -0.39 is 0 Å². The Bertz CT molecular complexity index is 827. The number of amides is 3. The standard InChI is InChI=1S/C18H18N4O4/c23-17(20-10-13-2-1-5-19-9-13)11-21-6-7-22(18(21)24)14-3-4-15-16(8-14)26-12-25-15/h1-5,8-9H,6-7,10-12H2,(H,20,23). The van der Waals surface area contributed by atoms with Gasteiger partial charge in [-0.25, -0.2) is 4.79 Å². The number of aromatic nitrogens is 1. The molecule has 0 radical (unpaired) electrons. The topological polar surface area (TPSA) is 84.0 Å². The second-order valence-corrected chi connectivity index (χ2v) is 6.03. The Balaban J connectivity index is 1.34. The first kappa shape index (κ1) is 16.2. The summed E-state index contributed by atoms with van der Waals surface area (Å²) in [7, 11) is 0. The molecule has 3 heterocycles. The van der Waals surface area contributed by atoms with E-state index in [1.54, 1.807) is 29.4 Å². The molecule has 4 rings (SSSR count). The Kier molecular flexibility index (Phi) is 4.30. The summed E-state index contributed by atoms with van der Waals surface area (Å²) >= 11 is 0. The van der Waals surface area contributed by atoms with Gasteiger partial charge in [0.15, 0.2) is 11.5 Å². The molecule has 2 aromatic rings. The summed E-state index contributed by atoms with van der Waals surface area (Å²) in [5.41, 5.74) is 1.65. The maximum atomic E-state index is 12.6. The summed E-state index contributed by atoms with van der Waals surface area (Å²) in [4.78, 5) is 31.9. The van der Waals surface area contributed by atoms with E-state index in [1.165, 1.54) is 4.90 Å². The number of nitrogens with one attached hydrogen (secondary N) is 1. The van der Waals surface area contributed by atoms with E-state index in [0.717, 1.165) is 11.3 Å². The van der Waals surface area contributed by atoms with Crippen LogP contribution in [-0.2, 0) is 11.3 Å². The lowest BCUT2D eigenvalue weighted by atomic mass is 10.2. The highest BCUT2D eigenvalue weighted by molar-refractivity contribution is 5.96. The fraction of sp³-hybridized carbons (Fsp3) is 0.278. The second-order valence-electron chi connectivity index (χ2n) is 6.03. The van der Waals surface area contributed by atoms with Crippen LogP contribution in [0.15, 0.2) is 42.7 Å². The Hall–Kier alpha value is -3.29. The van der Waals surface area contributed by atoms with Crippen molar-refractivity contribution in [3.63, 3.8) is 0 Å². The maximum absolute atomic E-state index is 12.6. The fourth-order valence-corrected chi connectivity index (χ4v) is 2.95. The summed E-state index contributed by atoms with van der Waals surface area (Å²) in [6.45, 7) is 1.62. The minimum atomic E-state index is -0.199. The third-order valence-corrected chi connectivity index (χ3v) is 4.31. The molecule has 0 spiro atoms. The maximum Gasteiger partial charge on any atom is 0.325 e. The molecule has 0 aliphatic carbocycles. The molecule has 26 heavy (non-hydrogen) atoms. The van der Waals surface area contributed by atoms with Gasteiger partial charge in [0, 0.05) is 43.8 Å². The zero-order valence-corrected chi connectivity index (χ0v) is 14.1. The molecular formula is C18H18N4O4. The Morgan fingerprint density at radius 2 is 2.08 bits per heavy atom. The van der Waals surface area contributed by atoms with Crippen molar-refractivity contribution in [2.24, 2.45) is 0 Å². The molecule has 8 nitrogen and oxygen atoms in total. The lowest BCUT2D eigenvalue weighted by molar-refractivity contribution is -0.121. The molecule has 1 fully saturated rings. The van der Waals surface area contributed by atoms with Crippen LogP contribution in [-0.4, -0.2) is 48.2 Å². The van der Waals surface area contributed by atoms with Crippen LogP contribution in [0.3, 0.4) is 0 Å². The highest BCUT2D eigenvalue weighted by Crippen LogP contribution is 2.36. The highest BCUT2D eigenvalue weighted by Gasteiger charge is 2.31. The van der Waals surface area contributed by atoms with E-state index in [4.69, 9.17) is 9.47 Å².